The molecule has 0 saturated carbocycles. The summed E-state index contributed by atoms with van der Waals surface area (Å²) in [6.07, 6.45) is 1.47. The second-order valence-electron chi connectivity index (χ2n) is 7.79. The maximum atomic E-state index is 13.1. The lowest BCUT2D eigenvalue weighted by Gasteiger charge is -2.18. The molecule has 0 fully saturated rings. The van der Waals surface area contributed by atoms with Crippen LogP contribution in [0.3, 0.4) is 0 Å². The molecule has 168 valence electrons. The molecule has 1 N–H and O–H groups in total. The number of rotatable bonds is 3. The van der Waals surface area contributed by atoms with Gasteiger partial charge in [-0.05, 0) is 36.8 Å². The molecule has 4 heterocycles. The second-order valence-corrected chi connectivity index (χ2v) is 7.79. The van der Waals surface area contributed by atoms with Crippen LogP contribution in [0.2, 0.25) is 0 Å². The van der Waals surface area contributed by atoms with E-state index in [0.717, 1.165) is 21.5 Å². The van der Waals surface area contributed by atoms with E-state index in [1.165, 1.54) is 6.20 Å². The fraction of sp³-hybridized carbons (Fsp3) is 0.125. The fourth-order valence-electron chi connectivity index (χ4n) is 4.04. The highest BCUT2D eigenvalue weighted by molar-refractivity contribution is 6.00. The summed E-state index contributed by atoms with van der Waals surface area (Å²) in [5.41, 5.74) is 6.10. The average molecular weight is 454 g/mol. The highest BCUT2D eigenvalue weighted by atomic mass is 16.6. The number of nitrogens with one attached hydrogen (secondary N) is 1. The molecule has 5 aromatic rings. The standard InChI is InChI=1S/C24H18N6O4/c1-14-20(15-5-3-2-4-6-15)22-26-25-21-17(30(22)27-14)9-10-29(24(21)32)28-23(31)16-7-8-18-19(13-16)34-12-11-33-18/h2-10,13H,11-12H2,1H3,(H,28,31). The number of nitrogens with zero attached hydrogens (tertiary/aromatic N) is 5. The van der Waals surface area contributed by atoms with E-state index in [1.54, 1.807) is 28.8 Å². The number of carbonyl (C=O) groups is 1. The number of aryl methyl sites for hydroxylation is 1. The SMILES string of the molecule is Cc1nn2c(nnc3c(=O)n(NC(=O)c4ccc5c(c4)OCCO5)ccc32)c1-c1ccccc1. The molecule has 0 aliphatic carbocycles. The normalized spacial score (nSPS) is 12.7. The first-order valence-electron chi connectivity index (χ1n) is 10.6. The van der Waals surface area contributed by atoms with Gasteiger partial charge >= 0.3 is 0 Å². The van der Waals surface area contributed by atoms with E-state index in [-0.39, 0.29) is 5.52 Å². The van der Waals surface area contributed by atoms with Gasteiger partial charge in [-0.3, -0.25) is 15.0 Å². The summed E-state index contributed by atoms with van der Waals surface area (Å²) < 4.78 is 13.7. The van der Waals surface area contributed by atoms with Crippen molar-refractivity contribution in [1.29, 1.82) is 0 Å². The maximum Gasteiger partial charge on any atom is 0.299 e. The van der Waals surface area contributed by atoms with Gasteiger partial charge in [-0.25, -0.2) is 9.19 Å². The van der Waals surface area contributed by atoms with Gasteiger partial charge < -0.3 is 9.47 Å². The Labute approximate surface area is 192 Å². The van der Waals surface area contributed by atoms with Crippen LogP contribution >= 0.6 is 0 Å². The number of hydrogen-bond acceptors (Lipinski definition) is 7. The Bertz CT molecular complexity index is 1640. The van der Waals surface area contributed by atoms with Crippen LogP contribution < -0.4 is 20.5 Å². The third-order valence-corrected chi connectivity index (χ3v) is 5.64. The largest absolute Gasteiger partial charge is 0.486 e. The van der Waals surface area contributed by atoms with Gasteiger partial charge in [0.25, 0.3) is 11.5 Å². The van der Waals surface area contributed by atoms with Gasteiger partial charge in [-0.15, -0.1) is 10.2 Å². The van der Waals surface area contributed by atoms with Gasteiger partial charge in [0, 0.05) is 11.8 Å². The Morgan fingerprint density at radius 2 is 1.79 bits per heavy atom. The molecule has 0 spiro atoms. The number of amides is 1. The van der Waals surface area contributed by atoms with Crippen LogP contribution in [0.1, 0.15) is 16.1 Å². The highest BCUT2D eigenvalue weighted by Crippen LogP contribution is 2.31. The van der Waals surface area contributed by atoms with Crippen LogP contribution in [0.5, 0.6) is 11.5 Å². The Morgan fingerprint density at radius 1 is 1.00 bits per heavy atom. The minimum Gasteiger partial charge on any atom is -0.486 e. The van der Waals surface area contributed by atoms with E-state index in [9.17, 15) is 9.59 Å². The topological polar surface area (TPSA) is 113 Å². The Balaban J connectivity index is 1.38. The molecule has 3 aromatic heterocycles. The van der Waals surface area contributed by atoms with Gasteiger partial charge in [-0.2, -0.15) is 5.10 Å². The molecular weight excluding hydrogens is 436 g/mol. The Kier molecular flexibility index (Phi) is 4.51. The van der Waals surface area contributed by atoms with Crippen molar-refractivity contribution in [1.82, 2.24) is 24.5 Å². The lowest BCUT2D eigenvalue weighted by atomic mass is 10.1. The van der Waals surface area contributed by atoms with Crippen molar-refractivity contribution in [3.05, 3.63) is 82.4 Å². The van der Waals surface area contributed by atoms with E-state index in [0.29, 0.717) is 41.4 Å². The summed E-state index contributed by atoms with van der Waals surface area (Å²) in [5.74, 6) is 0.587. The van der Waals surface area contributed by atoms with Gasteiger partial charge in [0.1, 0.15) is 18.7 Å². The smallest absolute Gasteiger partial charge is 0.299 e. The van der Waals surface area contributed by atoms with Gasteiger partial charge in [-0.1, -0.05) is 30.3 Å². The lowest BCUT2D eigenvalue weighted by Crippen LogP contribution is -2.33. The number of benzene rings is 2. The van der Waals surface area contributed by atoms with Crippen LogP contribution in [0.15, 0.2) is 65.6 Å². The number of aromatic nitrogens is 5. The van der Waals surface area contributed by atoms with Crippen molar-refractivity contribution in [3.63, 3.8) is 0 Å². The van der Waals surface area contributed by atoms with Crippen LogP contribution in [0.25, 0.3) is 27.8 Å². The molecule has 6 rings (SSSR count). The Morgan fingerprint density at radius 3 is 2.62 bits per heavy atom. The molecule has 10 nitrogen and oxygen atoms in total. The van der Waals surface area contributed by atoms with Crippen molar-refractivity contribution in [2.75, 3.05) is 18.6 Å². The van der Waals surface area contributed by atoms with Crippen molar-refractivity contribution >= 4 is 22.6 Å². The zero-order valence-electron chi connectivity index (χ0n) is 18.1. The summed E-state index contributed by atoms with van der Waals surface area (Å²) in [6.45, 7) is 2.76. The lowest BCUT2D eigenvalue weighted by molar-refractivity contribution is 0.101. The molecule has 1 aliphatic rings. The minimum absolute atomic E-state index is 0.0829. The molecule has 0 atom stereocenters. The zero-order valence-corrected chi connectivity index (χ0v) is 18.1. The first-order valence-corrected chi connectivity index (χ1v) is 10.6. The van der Waals surface area contributed by atoms with Gasteiger partial charge in [0.2, 0.25) is 0 Å². The predicted molar refractivity (Wildman–Crippen MR) is 124 cm³/mol. The Hall–Kier alpha value is -4.73. The number of fused-ring (bicyclic) bond motifs is 4. The number of ether oxygens (including phenoxy) is 2. The molecule has 1 amide bonds. The molecule has 10 heteroatoms. The van der Waals surface area contributed by atoms with Crippen molar-refractivity contribution < 1.29 is 14.3 Å². The fourth-order valence-corrected chi connectivity index (χ4v) is 4.04. The van der Waals surface area contributed by atoms with Crippen LogP contribution in [0.4, 0.5) is 0 Å². The second kappa shape index (κ2) is 7.69. The first-order chi connectivity index (χ1) is 16.6. The summed E-state index contributed by atoms with van der Waals surface area (Å²) in [7, 11) is 0. The summed E-state index contributed by atoms with van der Waals surface area (Å²) in [5, 5.41) is 13.1. The molecule has 0 unspecified atom stereocenters. The van der Waals surface area contributed by atoms with E-state index >= 15 is 0 Å². The third-order valence-electron chi connectivity index (χ3n) is 5.64. The molecule has 0 saturated heterocycles. The minimum atomic E-state index is -0.521. The quantitative estimate of drug-likeness (QED) is 0.446. The number of carbonyl (C=O) groups excluding carboxylic acids is 1. The summed E-state index contributed by atoms with van der Waals surface area (Å²) in [4.78, 5) is 25.9. The predicted octanol–water partition coefficient (Wildman–Crippen LogP) is 2.57. The van der Waals surface area contributed by atoms with Gasteiger partial charge in [0.05, 0.1) is 11.3 Å². The molecule has 34 heavy (non-hydrogen) atoms. The van der Waals surface area contributed by atoms with Crippen molar-refractivity contribution in [2.24, 2.45) is 0 Å². The highest BCUT2D eigenvalue weighted by Gasteiger charge is 2.19. The molecule has 1 aliphatic heterocycles. The monoisotopic (exact) mass is 454 g/mol. The molecular formula is C24H18N6O4. The summed E-state index contributed by atoms with van der Waals surface area (Å²) >= 11 is 0. The van der Waals surface area contributed by atoms with Gasteiger partial charge in [0.15, 0.2) is 22.7 Å². The molecule has 2 aromatic carbocycles. The summed E-state index contributed by atoms with van der Waals surface area (Å²) in [6, 6.07) is 16.3. The maximum absolute atomic E-state index is 13.1. The van der Waals surface area contributed by atoms with Crippen LogP contribution in [-0.4, -0.2) is 43.6 Å². The average Bonchev–Trinajstić information content (AvgIpc) is 3.22. The third kappa shape index (κ3) is 3.15. The first kappa shape index (κ1) is 19.9. The van der Waals surface area contributed by atoms with Crippen LogP contribution in [-0.2, 0) is 0 Å². The van der Waals surface area contributed by atoms with E-state index < -0.39 is 11.5 Å². The zero-order chi connectivity index (χ0) is 23.2. The van der Waals surface area contributed by atoms with E-state index in [4.69, 9.17) is 9.47 Å². The molecule has 0 radical (unpaired) electrons. The van der Waals surface area contributed by atoms with Crippen molar-refractivity contribution in [2.45, 2.75) is 6.92 Å². The molecule has 0 bridgehead atoms. The van der Waals surface area contributed by atoms with Crippen molar-refractivity contribution in [3.8, 4) is 22.6 Å². The van der Waals surface area contributed by atoms with E-state index in [2.05, 4.69) is 20.7 Å². The number of hydrogen-bond donors (Lipinski definition) is 1. The van der Waals surface area contributed by atoms with E-state index in [1.807, 2.05) is 37.3 Å². The number of pyridine rings is 1. The van der Waals surface area contributed by atoms with Crippen LogP contribution in [0, 0.1) is 6.92 Å².